The quantitative estimate of drug-likeness (QED) is 0.319. The van der Waals surface area contributed by atoms with Gasteiger partial charge in [0, 0.05) is 13.2 Å². The molecule has 0 bridgehead atoms. The molecule has 0 saturated heterocycles. The van der Waals surface area contributed by atoms with E-state index in [2.05, 4.69) is 45.4 Å². The van der Waals surface area contributed by atoms with Gasteiger partial charge < -0.3 is 14.9 Å². The molecule has 186 valence electrons. The lowest BCUT2D eigenvalue weighted by Crippen LogP contribution is -2.37. The number of hydrogen-bond donors (Lipinski definition) is 2. The number of aliphatic hydroxyl groups excluding tert-OH is 1. The number of hydrogen-bond acceptors (Lipinski definition) is 3. The number of ether oxygens (including phenoxy) is 1. The topological polar surface area (TPSA) is 49.7 Å². The van der Waals surface area contributed by atoms with Gasteiger partial charge in [-0.3, -0.25) is 0 Å². The van der Waals surface area contributed by atoms with Crippen LogP contribution in [0, 0.1) is 36.0 Å². The third kappa shape index (κ3) is 7.32. The number of allylic oxidation sites excluding steroid dienone is 3. The van der Waals surface area contributed by atoms with E-state index in [1.807, 2.05) is 13.8 Å². The molecule has 5 atom stereocenters. The molecule has 4 unspecified atom stereocenters. The molecule has 0 aromatic heterocycles. The molecule has 3 heteroatoms. The van der Waals surface area contributed by atoms with E-state index in [0.717, 1.165) is 56.8 Å². The molecule has 33 heavy (non-hydrogen) atoms. The first-order valence-electron chi connectivity index (χ1n) is 13.0. The maximum Gasteiger partial charge on any atom is 0.0787 e. The van der Waals surface area contributed by atoms with Gasteiger partial charge in [0.05, 0.1) is 11.7 Å². The van der Waals surface area contributed by atoms with E-state index in [1.54, 1.807) is 5.57 Å². The summed E-state index contributed by atoms with van der Waals surface area (Å²) in [6, 6.07) is 0. The minimum atomic E-state index is -0.594. The van der Waals surface area contributed by atoms with E-state index in [4.69, 9.17) is 4.74 Å². The maximum absolute atomic E-state index is 10.1. The molecular formula is C30H48O3. The van der Waals surface area contributed by atoms with Crippen LogP contribution >= 0.6 is 0 Å². The van der Waals surface area contributed by atoms with E-state index < -0.39 is 5.60 Å². The zero-order valence-corrected chi connectivity index (χ0v) is 21.6. The summed E-state index contributed by atoms with van der Waals surface area (Å²) in [4.78, 5) is 0. The fourth-order valence-corrected chi connectivity index (χ4v) is 6.64. The highest BCUT2D eigenvalue weighted by Gasteiger charge is 2.50. The van der Waals surface area contributed by atoms with Crippen LogP contribution < -0.4 is 0 Å². The van der Waals surface area contributed by atoms with Gasteiger partial charge in [-0.1, -0.05) is 38.2 Å². The Morgan fingerprint density at radius 1 is 1.18 bits per heavy atom. The maximum atomic E-state index is 10.1. The zero-order valence-electron chi connectivity index (χ0n) is 21.6. The molecule has 3 fully saturated rings. The standard InChI is InChI=1S/C28H46O3.C2H2/c1-20(19-31-18-8-16-27(3,4)30)24-14-15-25-23(10-7-17-28(24,25)5)13-12-22-9-6-11-26(29)21(22)2;1-2/h12-13,20,24-26,29-30H,2,6-11,14-19H2,1,3-5H3;1-2H/b22-12-,23-13+;/t20?,24?,25?,26-,28?;/m0./s1. The van der Waals surface area contributed by atoms with Crippen LogP contribution in [0.1, 0.15) is 91.9 Å². The summed E-state index contributed by atoms with van der Waals surface area (Å²) < 4.78 is 6.03. The Kier molecular flexibility index (Phi) is 10.5. The van der Waals surface area contributed by atoms with Crippen molar-refractivity contribution in [1.82, 2.24) is 0 Å². The SMILES string of the molecule is C#C.C=C1/C(=C\C=C2/CCCC3(C)C2CCC3C(C)COCCCC(C)(C)O)CCC[C@@H]1O. The predicted octanol–water partition coefficient (Wildman–Crippen LogP) is 6.61. The third-order valence-electron chi connectivity index (χ3n) is 8.42. The molecule has 3 saturated carbocycles. The van der Waals surface area contributed by atoms with Gasteiger partial charge in [-0.15, -0.1) is 12.8 Å². The van der Waals surface area contributed by atoms with Crippen molar-refractivity contribution in [3.05, 3.63) is 35.5 Å². The minimum Gasteiger partial charge on any atom is -0.390 e. The monoisotopic (exact) mass is 456 g/mol. The number of rotatable bonds is 8. The summed E-state index contributed by atoms with van der Waals surface area (Å²) in [6.45, 7) is 14.4. The smallest absolute Gasteiger partial charge is 0.0787 e. The van der Waals surface area contributed by atoms with Gasteiger partial charge >= 0.3 is 0 Å². The molecule has 0 aliphatic heterocycles. The second-order valence-electron chi connectivity index (χ2n) is 11.4. The Morgan fingerprint density at radius 3 is 2.61 bits per heavy atom. The Balaban J connectivity index is 0.00000187. The second-order valence-corrected chi connectivity index (χ2v) is 11.4. The summed E-state index contributed by atoms with van der Waals surface area (Å²) in [6.07, 6.45) is 23.4. The third-order valence-corrected chi connectivity index (χ3v) is 8.42. The number of terminal acetylenes is 1. The summed E-state index contributed by atoms with van der Waals surface area (Å²) in [5.41, 5.74) is 3.59. The summed E-state index contributed by atoms with van der Waals surface area (Å²) in [7, 11) is 0. The van der Waals surface area contributed by atoms with E-state index in [9.17, 15) is 10.2 Å². The van der Waals surface area contributed by atoms with Crippen LogP contribution in [0.15, 0.2) is 35.5 Å². The average Bonchev–Trinajstić information content (AvgIpc) is 3.12. The molecule has 3 rings (SSSR count). The van der Waals surface area contributed by atoms with Gasteiger partial charge in [-0.25, -0.2) is 0 Å². The van der Waals surface area contributed by atoms with Gasteiger partial charge in [-0.05, 0) is 112 Å². The highest BCUT2D eigenvalue weighted by Crippen LogP contribution is 2.59. The molecule has 3 aliphatic carbocycles. The van der Waals surface area contributed by atoms with Crippen LogP contribution in [-0.2, 0) is 4.74 Å². The second kappa shape index (κ2) is 12.4. The van der Waals surface area contributed by atoms with E-state index in [-0.39, 0.29) is 6.10 Å². The predicted molar refractivity (Wildman–Crippen MR) is 139 cm³/mol. The van der Waals surface area contributed by atoms with Gasteiger partial charge in [0.2, 0.25) is 0 Å². The van der Waals surface area contributed by atoms with Crippen LogP contribution in [0.2, 0.25) is 0 Å². The molecule has 0 radical (unpaired) electrons. The molecular weight excluding hydrogens is 408 g/mol. The van der Waals surface area contributed by atoms with Crippen molar-refractivity contribution in [2.45, 2.75) is 104 Å². The van der Waals surface area contributed by atoms with E-state index in [1.165, 1.54) is 37.7 Å². The fourth-order valence-electron chi connectivity index (χ4n) is 6.64. The Labute approximate surface area is 203 Å². The van der Waals surface area contributed by atoms with Crippen molar-refractivity contribution >= 4 is 0 Å². The van der Waals surface area contributed by atoms with Crippen molar-refractivity contribution < 1.29 is 14.9 Å². The lowest BCUT2D eigenvalue weighted by Gasteiger charge is -2.44. The first-order valence-corrected chi connectivity index (χ1v) is 13.0. The zero-order chi connectivity index (χ0) is 24.6. The highest BCUT2D eigenvalue weighted by molar-refractivity contribution is 5.37. The molecule has 0 heterocycles. The van der Waals surface area contributed by atoms with Crippen LogP contribution in [0.25, 0.3) is 0 Å². The highest BCUT2D eigenvalue weighted by atomic mass is 16.5. The lowest BCUT2D eigenvalue weighted by atomic mass is 9.61. The Morgan fingerprint density at radius 2 is 1.91 bits per heavy atom. The number of fused-ring (bicyclic) bond motifs is 1. The van der Waals surface area contributed by atoms with Crippen LogP contribution in [0.5, 0.6) is 0 Å². The van der Waals surface area contributed by atoms with Crippen LogP contribution in [0.4, 0.5) is 0 Å². The molecule has 2 N–H and O–H groups in total. The van der Waals surface area contributed by atoms with Crippen molar-refractivity contribution in [1.29, 1.82) is 0 Å². The summed E-state index contributed by atoms with van der Waals surface area (Å²) in [5.74, 6) is 1.97. The van der Waals surface area contributed by atoms with Crippen molar-refractivity contribution in [3.63, 3.8) is 0 Å². The molecule has 3 aliphatic rings. The first kappa shape index (κ1) is 27.9. The molecule has 0 aromatic rings. The number of aliphatic hydroxyl groups is 2. The largest absolute Gasteiger partial charge is 0.390 e. The molecule has 0 amide bonds. The van der Waals surface area contributed by atoms with Crippen molar-refractivity contribution in [2.24, 2.45) is 23.2 Å². The van der Waals surface area contributed by atoms with Gasteiger partial charge in [0.15, 0.2) is 0 Å². The summed E-state index contributed by atoms with van der Waals surface area (Å²) in [5, 5.41) is 20.0. The molecule has 3 nitrogen and oxygen atoms in total. The van der Waals surface area contributed by atoms with Crippen molar-refractivity contribution in [3.8, 4) is 12.8 Å². The first-order chi connectivity index (χ1) is 15.6. The van der Waals surface area contributed by atoms with Gasteiger partial charge in [0.1, 0.15) is 0 Å². The minimum absolute atomic E-state index is 0.352. The van der Waals surface area contributed by atoms with E-state index >= 15 is 0 Å². The summed E-state index contributed by atoms with van der Waals surface area (Å²) >= 11 is 0. The van der Waals surface area contributed by atoms with Crippen molar-refractivity contribution in [2.75, 3.05) is 13.2 Å². The molecule has 0 spiro atoms. The molecule has 0 aromatic carbocycles. The van der Waals surface area contributed by atoms with E-state index in [0.29, 0.717) is 17.3 Å². The Bertz CT molecular complexity index is 723. The van der Waals surface area contributed by atoms with Crippen LogP contribution in [0.3, 0.4) is 0 Å². The normalized spacial score (nSPS) is 33.5. The average molecular weight is 457 g/mol. The van der Waals surface area contributed by atoms with Gasteiger partial charge in [0.25, 0.3) is 0 Å². The lowest BCUT2D eigenvalue weighted by molar-refractivity contribution is 0.0209. The fraction of sp³-hybridized carbons (Fsp3) is 0.733. The van der Waals surface area contributed by atoms with Crippen LogP contribution in [-0.4, -0.2) is 35.1 Å². The Hall–Kier alpha value is -1.34. The van der Waals surface area contributed by atoms with Gasteiger partial charge in [-0.2, -0.15) is 0 Å².